The Morgan fingerprint density at radius 3 is 2.65 bits per heavy atom. The zero-order valence-corrected chi connectivity index (χ0v) is 11.5. The van der Waals surface area contributed by atoms with Crippen molar-refractivity contribution >= 4 is 0 Å². The van der Waals surface area contributed by atoms with E-state index in [-0.39, 0.29) is 0 Å². The van der Waals surface area contributed by atoms with E-state index in [2.05, 4.69) is 17.1 Å². The van der Waals surface area contributed by atoms with Gasteiger partial charge in [-0.3, -0.25) is 4.98 Å². The fourth-order valence-corrected chi connectivity index (χ4v) is 2.65. The third kappa shape index (κ3) is 2.34. The number of benzene rings is 1. The lowest BCUT2D eigenvalue weighted by Gasteiger charge is -2.28. The van der Waals surface area contributed by atoms with Crippen LogP contribution in [0.1, 0.15) is 48.9 Å². The molecule has 2 aromatic rings. The van der Waals surface area contributed by atoms with Crippen LogP contribution < -0.4 is 0 Å². The smallest absolute Gasteiger partial charge is 0.141 e. The van der Waals surface area contributed by atoms with E-state index >= 15 is 0 Å². The van der Waals surface area contributed by atoms with E-state index in [1.807, 2.05) is 12.1 Å². The van der Waals surface area contributed by atoms with Crippen molar-refractivity contribution < 1.29 is 9.50 Å². The molecule has 0 aliphatic heterocycles. The van der Waals surface area contributed by atoms with Gasteiger partial charge in [-0.1, -0.05) is 30.7 Å². The second-order valence-corrected chi connectivity index (χ2v) is 5.69. The second kappa shape index (κ2) is 4.98. The molecule has 1 atom stereocenters. The minimum atomic E-state index is -1.20. The average Bonchev–Trinajstić information content (AvgIpc) is 2.37. The van der Waals surface area contributed by atoms with Gasteiger partial charge in [0.1, 0.15) is 11.4 Å². The second-order valence-electron chi connectivity index (χ2n) is 5.69. The molecule has 1 unspecified atom stereocenters. The van der Waals surface area contributed by atoms with Crippen molar-refractivity contribution in [2.24, 2.45) is 0 Å². The molecule has 1 saturated carbocycles. The molecule has 1 N–H and O–H groups in total. The maximum absolute atomic E-state index is 13.0. The first-order valence-corrected chi connectivity index (χ1v) is 7.02. The molecule has 20 heavy (non-hydrogen) atoms. The number of aromatic nitrogens is 1. The lowest BCUT2D eigenvalue weighted by Crippen LogP contribution is -2.24. The predicted molar refractivity (Wildman–Crippen MR) is 75.9 cm³/mol. The minimum Gasteiger partial charge on any atom is -0.379 e. The monoisotopic (exact) mass is 271 g/mol. The first kappa shape index (κ1) is 13.3. The summed E-state index contributed by atoms with van der Waals surface area (Å²) < 4.78 is 13.0. The largest absolute Gasteiger partial charge is 0.379 e. The van der Waals surface area contributed by atoms with Crippen LogP contribution in [0.2, 0.25) is 0 Å². The molecule has 0 bridgehead atoms. The molecule has 1 fully saturated rings. The molecule has 104 valence electrons. The number of hydrogen-bond donors (Lipinski definition) is 1. The van der Waals surface area contributed by atoms with Gasteiger partial charge in [-0.25, -0.2) is 4.39 Å². The van der Waals surface area contributed by atoms with Crippen molar-refractivity contribution in [1.29, 1.82) is 0 Å². The van der Waals surface area contributed by atoms with Crippen molar-refractivity contribution in [3.8, 4) is 0 Å². The molecule has 2 nitrogen and oxygen atoms in total. The van der Waals surface area contributed by atoms with E-state index in [4.69, 9.17) is 0 Å². The molecule has 1 aromatic carbocycles. The molecule has 1 aliphatic rings. The molecule has 0 spiro atoms. The highest BCUT2D eigenvalue weighted by atomic mass is 19.1. The summed E-state index contributed by atoms with van der Waals surface area (Å²) in [5, 5.41) is 10.8. The summed E-state index contributed by atoms with van der Waals surface area (Å²) >= 11 is 0. The third-order valence-corrected chi connectivity index (χ3v) is 4.25. The van der Waals surface area contributed by atoms with Gasteiger partial charge >= 0.3 is 0 Å². The highest BCUT2D eigenvalue weighted by Crippen LogP contribution is 2.38. The zero-order valence-electron chi connectivity index (χ0n) is 11.5. The van der Waals surface area contributed by atoms with Gasteiger partial charge in [0.25, 0.3) is 0 Å². The van der Waals surface area contributed by atoms with E-state index in [1.54, 1.807) is 6.92 Å². The zero-order chi connectivity index (χ0) is 14.2. The standard InChI is InChI=1S/C17H18FNO/c1-17(20,16-9-8-15(18)11-19-16)14-7-3-6-13(10-14)12-4-2-5-12/h3,6-12,20H,2,4-5H2,1H3. The Morgan fingerprint density at radius 1 is 1.25 bits per heavy atom. The molecule has 3 heteroatoms. The van der Waals surface area contributed by atoms with Gasteiger partial charge in [-0.15, -0.1) is 0 Å². The Balaban J connectivity index is 1.95. The van der Waals surface area contributed by atoms with Gasteiger partial charge in [-0.2, -0.15) is 0 Å². The van der Waals surface area contributed by atoms with Crippen molar-refractivity contribution in [1.82, 2.24) is 4.98 Å². The van der Waals surface area contributed by atoms with Crippen molar-refractivity contribution in [2.45, 2.75) is 37.7 Å². The molecular weight excluding hydrogens is 253 g/mol. The lowest BCUT2D eigenvalue weighted by molar-refractivity contribution is 0.0971. The van der Waals surface area contributed by atoms with Crippen LogP contribution in [0.5, 0.6) is 0 Å². The van der Waals surface area contributed by atoms with Crippen LogP contribution in [0.4, 0.5) is 4.39 Å². The number of hydrogen-bond acceptors (Lipinski definition) is 2. The van der Waals surface area contributed by atoms with Crippen molar-refractivity contribution in [3.05, 3.63) is 65.2 Å². The van der Waals surface area contributed by atoms with Crippen LogP contribution in [0.3, 0.4) is 0 Å². The summed E-state index contributed by atoms with van der Waals surface area (Å²) in [5.74, 6) is 0.222. The number of pyridine rings is 1. The van der Waals surface area contributed by atoms with Gasteiger partial charge in [0.05, 0.1) is 11.9 Å². The Morgan fingerprint density at radius 2 is 2.05 bits per heavy atom. The maximum Gasteiger partial charge on any atom is 0.141 e. The fourth-order valence-electron chi connectivity index (χ4n) is 2.65. The summed E-state index contributed by atoms with van der Waals surface area (Å²) in [4.78, 5) is 4.01. The van der Waals surface area contributed by atoms with E-state index in [0.29, 0.717) is 11.6 Å². The Hall–Kier alpha value is -1.74. The van der Waals surface area contributed by atoms with E-state index < -0.39 is 11.4 Å². The topological polar surface area (TPSA) is 33.1 Å². The van der Waals surface area contributed by atoms with Crippen molar-refractivity contribution in [2.75, 3.05) is 0 Å². The first-order chi connectivity index (χ1) is 9.57. The van der Waals surface area contributed by atoms with Gasteiger partial charge in [0.2, 0.25) is 0 Å². The Labute approximate surface area is 118 Å². The molecule has 1 aliphatic carbocycles. The minimum absolute atomic E-state index is 0.396. The highest BCUT2D eigenvalue weighted by molar-refractivity contribution is 5.36. The molecule has 3 rings (SSSR count). The quantitative estimate of drug-likeness (QED) is 0.922. The predicted octanol–water partition coefficient (Wildman–Crippen LogP) is 3.74. The van der Waals surface area contributed by atoms with Gasteiger partial charge in [0.15, 0.2) is 0 Å². The molecule has 1 heterocycles. The summed E-state index contributed by atoms with van der Waals surface area (Å²) in [6, 6.07) is 10.9. The SMILES string of the molecule is CC(O)(c1cccc(C2CCC2)c1)c1ccc(F)cn1. The first-order valence-electron chi connectivity index (χ1n) is 7.02. The summed E-state index contributed by atoms with van der Waals surface area (Å²) in [6.45, 7) is 1.70. The average molecular weight is 271 g/mol. The van der Waals surface area contributed by atoms with E-state index in [9.17, 15) is 9.50 Å². The molecule has 0 saturated heterocycles. The number of halogens is 1. The van der Waals surface area contributed by atoms with Crippen LogP contribution >= 0.6 is 0 Å². The maximum atomic E-state index is 13.0. The summed E-state index contributed by atoms with van der Waals surface area (Å²) in [6.07, 6.45) is 4.87. The van der Waals surface area contributed by atoms with Crippen LogP contribution in [-0.2, 0) is 5.60 Å². The normalized spacial score (nSPS) is 18.4. The van der Waals surface area contributed by atoms with Gasteiger partial charge in [-0.05, 0) is 48.9 Å². The Bertz CT molecular complexity index is 603. The fraction of sp³-hybridized carbons (Fsp3) is 0.353. The van der Waals surface area contributed by atoms with Crippen LogP contribution in [-0.4, -0.2) is 10.1 Å². The lowest BCUT2D eigenvalue weighted by atomic mass is 9.78. The summed E-state index contributed by atoms with van der Waals surface area (Å²) in [7, 11) is 0. The number of rotatable bonds is 3. The molecule has 0 amide bonds. The highest BCUT2D eigenvalue weighted by Gasteiger charge is 2.28. The molecule has 0 radical (unpaired) electrons. The molecule has 1 aromatic heterocycles. The van der Waals surface area contributed by atoms with Gasteiger partial charge in [0, 0.05) is 0 Å². The number of nitrogens with zero attached hydrogens (tertiary/aromatic N) is 1. The van der Waals surface area contributed by atoms with E-state index in [1.165, 1.54) is 37.0 Å². The Kier molecular flexibility index (Phi) is 3.30. The third-order valence-electron chi connectivity index (χ3n) is 4.25. The summed E-state index contributed by atoms with van der Waals surface area (Å²) in [5.41, 5.74) is 1.34. The van der Waals surface area contributed by atoms with Crippen LogP contribution in [0.15, 0.2) is 42.6 Å². The van der Waals surface area contributed by atoms with Crippen LogP contribution in [0, 0.1) is 5.82 Å². The number of aliphatic hydroxyl groups is 1. The van der Waals surface area contributed by atoms with Gasteiger partial charge < -0.3 is 5.11 Å². The van der Waals surface area contributed by atoms with E-state index in [0.717, 1.165) is 11.8 Å². The van der Waals surface area contributed by atoms with Crippen LogP contribution in [0.25, 0.3) is 0 Å². The molecular formula is C17H18FNO. The van der Waals surface area contributed by atoms with Crippen molar-refractivity contribution in [3.63, 3.8) is 0 Å².